The number of aryl methyl sites for hydroxylation is 2. The van der Waals surface area contributed by atoms with Crippen LogP contribution in [0.1, 0.15) is 23.8 Å². The second-order valence-electron chi connectivity index (χ2n) is 6.18. The fraction of sp³-hybridized carbons (Fsp3) is 0.389. The fourth-order valence-electron chi connectivity index (χ4n) is 3.25. The molecule has 124 valence electrons. The number of nitrogens with zero attached hydrogens (tertiary/aromatic N) is 3. The van der Waals surface area contributed by atoms with E-state index in [0.717, 1.165) is 34.2 Å². The highest BCUT2D eigenvalue weighted by atomic mass is 32.2. The highest BCUT2D eigenvalue weighted by molar-refractivity contribution is 7.98. The molecular weight excluding hydrogens is 336 g/mol. The van der Waals surface area contributed by atoms with Crippen molar-refractivity contribution in [2.45, 2.75) is 32.2 Å². The van der Waals surface area contributed by atoms with Crippen molar-refractivity contribution < 1.29 is 0 Å². The van der Waals surface area contributed by atoms with Crippen LogP contribution in [-0.2, 0) is 12.8 Å². The Kier molecular flexibility index (Phi) is 4.41. The van der Waals surface area contributed by atoms with Crippen LogP contribution in [0.4, 0.5) is 5.82 Å². The van der Waals surface area contributed by atoms with Gasteiger partial charge in [-0.05, 0) is 50.1 Å². The van der Waals surface area contributed by atoms with Gasteiger partial charge in [0.05, 0.1) is 5.39 Å². The van der Waals surface area contributed by atoms with Gasteiger partial charge in [0.1, 0.15) is 10.6 Å². The predicted molar refractivity (Wildman–Crippen MR) is 104 cm³/mol. The fourth-order valence-corrected chi connectivity index (χ4v) is 5.09. The van der Waals surface area contributed by atoms with Crippen molar-refractivity contribution in [1.29, 1.82) is 0 Å². The molecule has 1 atom stereocenters. The molecule has 1 N–H and O–H groups in total. The molecule has 0 bridgehead atoms. The molecule has 24 heavy (non-hydrogen) atoms. The van der Waals surface area contributed by atoms with E-state index < -0.39 is 0 Å². The first-order chi connectivity index (χ1) is 11.8. The minimum absolute atomic E-state index is 0.372. The lowest BCUT2D eigenvalue weighted by molar-refractivity contribution is 0.902. The van der Waals surface area contributed by atoms with Crippen LogP contribution in [0.2, 0.25) is 0 Å². The summed E-state index contributed by atoms with van der Waals surface area (Å²) in [6.07, 6.45) is 9.33. The number of rotatable bonds is 5. The molecule has 0 amide bonds. The van der Waals surface area contributed by atoms with Crippen molar-refractivity contribution >= 4 is 39.1 Å². The smallest absolute Gasteiger partial charge is 0.164 e. The maximum atomic E-state index is 4.88. The summed E-state index contributed by atoms with van der Waals surface area (Å²) in [5.41, 5.74) is 2.43. The van der Waals surface area contributed by atoms with Crippen LogP contribution in [0.3, 0.4) is 0 Å². The lowest BCUT2D eigenvalue weighted by Crippen LogP contribution is -2.19. The Balaban J connectivity index is 1.85. The summed E-state index contributed by atoms with van der Waals surface area (Å²) in [7, 11) is 0. The zero-order valence-electron chi connectivity index (χ0n) is 13.9. The second-order valence-corrected chi connectivity index (χ2v) is 8.17. The summed E-state index contributed by atoms with van der Waals surface area (Å²) in [6.45, 7) is 2.21. The first kappa shape index (κ1) is 15.8. The van der Waals surface area contributed by atoms with Gasteiger partial charge in [0.15, 0.2) is 5.82 Å². The molecule has 0 saturated carbocycles. The Morgan fingerprint density at radius 3 is 3.04 bits per heavy atom. The molecule has 4 nitrogen and oxygen atoms in total. The van der Waals surface area contributed by atoms with E-state index in [9.17, 15) is 0 Å². The van der Waals surface area contributed by atoms with Gasteiger partial charge in [-0.2, -0.15) is 11.8 Å². The number of thioether (sulfide) groups is 1. The summed E-state index contributed by atoms with van der Waals surface area (Å²) >= 11 is 3.68. The third kappa shape index (κ3) is 2.89. The second kappa shape index (κ2) is 6.69. The maximum Gasteiger partial charge on any atom is 0.164 e. The Morgan fingerprint density at radius 2 is 2.25 bits per heavy atom. The van der Waals surface area contributed by atoms with Crippen LogP contribution in [0, 0.1) is 0 Å². The zero-order chi connectivity index (χ0) is 16.5. The topological polar surface area (TPSA) is 50.7 Å². The van der Waals surface area contributed by atoms with Crippen LogP contribution in [0.25, 0.3) is 21.6 Å². The predicted octanol–water partition coefficient (Wildman–Crippen LogP) is 4.41. The highest BCUT2D eigenvalue weighted by Gasteiger charge is 2.23. The van der Waals surface area contributed by atoms with Crippen molar-refractivity contribution in [3.05, 3.63) is 35.0 Å². The molecule has 3 aromatic rings. The lowest BCUT2D eigenvalue weighted by atomic mass is 10.1. The summed E-state index contributed by atoms with van der Waals surface area (Å²) in [5.74, 6) is 2.80. The molecule has 6 heteroatoms. The third-order valence-corrected chi connectivity index (χ3v) is 6.30. The van der Waals surface area contributed by atoms with Gasteiger partial charge >= 0.3 is 0 Å². The van der Waals surface area contributed by atoms with Crippen LogP contribution in [-0.4, -0.2) is 33.0 Å². The molecule has 0 aromatic carbocycles. The monoisotopic (exact) mass is 356 g/mol. The number of nitrogens with one attached hydrogen (secondary N) is 1. The number of hydrogen-bond acceptors (Lipinski definition) is 6. The van der Waals surface area contributed by atoms with Gasteiger partial charge in [-0.25, -0.2) is 9.97 Å². The number of thiophene rings is 1. The van der Waals surface area contributed by atoms with Crippen molar-refractivity contribution in [2.75, 3.05) is 17.3 Å². The molecule has 4 rings (SSSR count). The maximum absolute atomic E-state index is 4.88. The number of fused-ring (bicyclic) bond motifs is 3. The third-order valence-electron chi connectivity index (χ3n) is 4.28. The van der Waals surface area contributed by atoms with E-state index in [-0.39, 0.29) is 0 Å². The number of pyridine rings is 1. The molecule has 0 fully saturated rings. The summed E-state index contributed by atoms with van der Waals surface area (Å²) in [5, 5.41) is 4.87. The molecule has 0 spiro atoms. The van der Waals surface area contributed by atoms with Gasteiger partial charge < -0.3 is 5.32 Å². The van der Waals surface area contributed by atoms with E-state index in [2.05, 4.69) is 23.5 Å². The molecule has 0 saturated heterocycles. The number of aromatic nitrogens is 3. The van der Waals surface area contributed by atoms with E-state index in [1.807, 2.05) is 41.4 Å². The summed E-state index contributed by atoms with van der Waals surface area (Å²) in [4.78, 5) is 16.5. The standard InChI is InChI=1S/C18H20N4S2/c1-11(10-23-2)20-17-15-13-6-3-7-14(13)24-18(15)22-16(21-17)12-5-4-8-19-9-12/h4-5,8-9,11H,3,6-7,10H2,1-2H3,(H,20,21,22). The Labute approximate surface area is 150 Å². The van der Waals surface area contributed by atoms with Crippen LogP contribution in [0.5, 0.6) is 0 Å². The molecule has 1 aliphatic rings. The van der Waals surface area contributed by atoms with Crippen molar-refractivity contribution in [1.82, 2.24) is 15.0 Å². The van der Waals surface area contributed by atoms with Gasteiger partial charge in [0.25, 0.3) is 0 Å². The van der Waals surface area contributed by atoms with Gasteiger partial charge in [-0.1, -0.05) is 0 Å². The molecule has 3 aromatic heterocycles. The minimum Gasteiger partial charge on any atom is -0.366 e. The quantitative estimate of drug-likeness (QED) is 0.734. The largest absolute Gasteiger partial charge is 0.366 e. The van der Waals surface area contributed by atoms with E-state index in [0.29, 0.717) is 6.04 Å². The van der Waals surface area contributed by atoms with E-state index >= 15 is 0 Å². The summed E-state index contributed by atoms with van der Waals surface area (Å²) < 4.78 is 0. The Bertz CT molecular complexity index is 860. The molecule has 0 radical (unpaired) electrons. The van der Waals surface area contributed by atoms with Crippen LogP contribution < -0.4 is 5.32 Å². The molecule has 0 aliphatic heterocycles. The SMILES string of the molecule is CSCC(C)Nc1nc(-c2cccnc2)nc2sc3c(c12)CCC3. The highest BCUT2D eigenvalue weighted by Crippen LogP contribution is 2.40. The van der Waals surface area contributed by atoms with E-state index in [1.54, 1.807) is 6.20 Å². The van der Waals surface area contributed by atoms with Crippen molar-refractivity contribution in [3.63, 3.8) is 0 Å². The minimum atomic E-state index is 0.372. The average Bonchev–Trinajstić information content (AvgIpc) is 3.16. The Hall–Kier alpha value is -1.66. The molecule has 1 aliphatic carbocycles. The first-order valence-electron chi connectivity index (χ1n) is 8.24. The normalized spacial score (nSPS) is 14.8. The van der Waals surface area contributed by atoms with Crippen molar-refractivity contribution in [2.24, 2.45) is 0 Å². The van der Waals surface area contributed by atoms with Gasteiger partial charge in [-0.15, -0.1) is 11.3 Å². The lowest BCUT2D eigenvalue weighted by Gasteiger charge is -2.15. The van der Waals surface area contributed by atoms with Crippen molar-refractivity contribution in [3.8, 4) is 11.4 Å². The Morgan fingerprint density at radius 1 is 1.33 bits per heavy atom. The molecule has 1 unspecified atom stereocenters. The zero-order valence-corrected chi connectivity index (χ0v) is 15.5. The summed E-state index contributed by atoms with van der Waals surface area (Å²) in [6, 6.07) is 4.32. The molecular formula is C18H20N4S2. The number of anilines is 1. The van der Waals surface area contributed by atoms with Crippen LogP contribution in [0.15, 0.2) is 24.5 Å². The van der Waals surface area contributed by atoms with Gasteiger partial charge in [0.2, 0.25) is 0 Å². The van der Waals surface area contributed by atoms with Gasteiger partial charge in [-0.3, -0.25) is 4.98 Å². The number of hydrogen-bond donors (Lipinski definition) is 1. The van der Waals surface area contributed by atoms with Gasteiger partial charge in [0, 0.05) is 34.6 Å². The van der Waals surface area contributed by atoms with E-state index in [4.69, 9.17) is 9.97 Å². The van der Waals surface area contributed by atoms with E-state index in [1.165, 1.54) is 28.7 Å². The average molecular weight is 357 g/mol. The van der Waals surface area contributed by atoms with Crippen LogP contribution >= 0.6 is 23.1 Å². The first-order valence-corrected chi connectivity index (χ1v) is 10.5. The molecule has 3 heterocycles.